The molecule has 0 unspecified atom stereocenters. The van der Waals surface area contributed by atoms with Gasteiger partial charge in [-0.25, -0.2) is 4.39 Å². The smallest absolute Gasteiger partial charge is 0.125 e. The van der Waals surface area contributed by atoms with Gasteiger partial charge in [0.15, 0.2) is 0 Å². The highest BCUT2D eigenvalue weighted by atomic mass is 19.1. The number of nitrogens with zero attached hydrogens (tertiary/aromatic N) is 1. The van der Waals surface area contributed by atoms with Gasteiger partial charge in [-0.1, -0.05) is 19.4 Å². The third kappa shape index (κ3) is 2.31. The van der Waals surface area contributed by atoms with E-state index in [2.05, 4.69) is 11.8 Å². The van der Waals surface area contributed by atoms with Gasteiger partial charge in [0.2, 0.25) is 0 Å². The lowest BCUT2D eigenvalue weighted by Crippen LogP contribution is -2.28. The third-order valence-corrected chi connectivity index (χ3v) is 3.14. The van der Waals surface area contributed by atoms with Crippen LogP contribution in [0.25, 0.3) is 0 Å². The van der Waals surface area contributed by atoms with E-state index in [1.165, 1.54) is 31.7 Å². The largest absolute Gasteiger partial charge is 0.368 e. The topological polar surface area (TPSA) is 3.24 Å². The molecular weight excluding hydrogens is 189 g/mol. The minimum atomic E-state index is -0.130. The molecular formula is C13H18FN. The number of hydrogen-bond acceptors (Lipinski definition) is 1. The van der Waals surface area contributed by atoms with Crippen molar-refractivity contribution in [2.24, 2.45) is 0 Å². The third-order valence-electron chi connectivity index (χ3n) is 3.14. The van der Waals surface area contributed by atoms with Crippen LogP contribution in [-0.2, 0) is 0 Å². The molecule has 1 aromatic carbocycles. The fraction of sp³-hybridized carbons (Fsp3) is 0.538. The molecule has 0 radical (unpaired) electrons. The lowest BCUT2D eigenvalue weighted by Gasteiger charge is -2.26. The average Bonchev–Trinajstić information content (AvgIpc) is 2.66. The summed E-state index contributed by atoms with van der Waals surface area (Å²) in [4.78, 5) is 2.35. The van der Waals surface area contributed by atoms with Crippen molar-refractivity contribution in [3.8, 4) is 0 Å². The van der Waals surface area contributed by atoms with Gasteiger partial charge in [0.25, 0.3) is 0 Å². The van der Waals surface area contributed by atoms with Crippen LogP contribution in [0.4, 0.5) is 10.1 Å². The monoisotopic (exact) mass is 207 g/mol. The highest BCUT2D eigenvalue weighted by Gasteiger charge is 2.23. The maximum Gasteiger partial charge on any atom is 0.125 e. The molecule has 2 heteroatoms. The number of rotatable bonds is 3. The predicted octanol–water partition coefficient (Wildman–Crippen LogP) is 3.59. The van der Waals surface area contributed by atoms with E-state index in [1.54, 1.807) is 12.1 Å². The zero-order chi connectivity index (χ0) is 10.7. The van der Waals surface area contributed by atoms with Crippen LogP contribution in [0.15, 0.2) is 24.3 Å². The first kappa shape index (κ1) is 10.5. The van der Waals surface area contributed by atoms with Crippen LogP contribution in [0, 0.1) is 5.82 Å². The molecule has 0 aliphatic carbocycles. The second-order valence-electron chi connectivity index (χ2n) is 4.26. The zero-order valence-electron chi connectivity index (χ0n) is 9.25. The summed E-state index contributed by atoms with van der Waals surface area (Å²) in [6, 6.07) is 7.59. The van der Waals surface area contributed by atoms with Gasteiger partial charge in [-0.2, -0.15) is 0 Å². The van der Waals surface area contributed by atoms with Crippen molar-refractivity contribution in [2.45, 2.75) is 38.6 Å². The van der Waals surface area contributed by atoms with Crippen molar-refractivity contribution in [3.05, 3.63) is 30.1 Å². The lowest BCUT2D eigenvalue weighted by atomic mass is 10.1. The molecule has 1 atom stereocenters. The Labute approximate surface area is 90.9 Å². The SMILES string of the molecule is CCC[C@H]1CCCN1c1cccc(F)c1. The summed E-state index contributed by atoms with van der Waals surface area (Å²) < 4.78 is 13.1. The van der Waals surface area contributed by atoms with Gasteiger partial charge in [0.1, 0.15) is 5.82 Å². The van der Waals surface area contributed by atoms with Crippen molar-refractivity contribution in [2.75, 3.05) is 11.4 Å². The Morgan fingerprint density at radius 3 is 3.07 bits per heavy atom. The molecule has 2 rings (SSSR count). The maximum absolute atomic E-state index is 13.1. The Bertz CT molecular complexity index is 324. The van der Waals surface area contributed by atoms with Crippen LogP contribution >= 0.6 is 0 Å². The summed E-state index contributed by atoms with van der Waals surface area (Å²) in [5.74, 6) is -0.130. The van der Waals surface area contributed by atoms with E-state index in [0.717, 1.165) is 12.2 Å². The maximum atomic E-state index is 13.1. The number of halogens is 1. The van der Waals surface area contributed by atoms with Crippen LogP contribution in [-0.4, -0.2) is 12.6 Å². The fourth-order valence-corrected chi connectivity index (χ4v) is 2.46. The summed E-state index contributed by atoms with van der Waals surface area (Å²) in [7, 11) is 0. The van der Waals surface area contributed by atoms with E-state index in [0.29, 0.717) is 6.04 Å². The molecule has 1 nitrogen and oxygen atoms in total. The van der Waals surface area contributed by atoms with Gasteiger partial charge in [0, 0.05) is 18.3 Å². The van der Waals surface area contributed by atoms with E-state index < -0.39 is 0 Å². The van der Waals surface area contributed by atoms with E-state index in [9.17, 15) is 4.39 Å². The molecule has 1 heterocycles. The first-order valence-electron chi connectivity index (χ1n) is 5.83. The highest BCUT2D eigenvalue weighted by molar-refractivity contribution is 5.48. The molecule has 1 fully saturated rings. The lowest BCUT2D eigenvalue weighted by molar-refractivity contribution is 0.595. The van der Waals surface area contributed by atoms with Crippen LogP contribution in [0.3, 0.4) is 0 Å². The van der Waals surface area contributed by atoms with Crippen molar-refractivity contribution in [1.82, 2.24) is 0 Å². The Morgan fingerprint density at radius 2 is 2.33 bits per heavy atom. The molecule has 0 spiro atoms. The molecule has 0 aromatic heterocycles. The van der Waals surface area contributed by atoms with Gasteiger partial charge in [-0.05, 0) is 37.5 Å². The van der Waals surface area contributed by atoms with Crippen molar-refractivity contribution < 1.29 is 4.39 Å². The number of benzene rings is 1. The van der Waals surface area contributed by atoms with Gasteiger partial charge in [-0.15, -0.1) is 0 Å². The molecule has 1 aliphatic heterocycles. The molecule has 0 saturated carbocycles. The number of anilines is 1. The number of hydrogen-bond donors (Lipinski definition) is 0. The quantitative estimate of drug-likeness (QED) is 0.732. The Hall–Kier alpha value is -1.05. The molecule has 0 amide bonds. The van der Waals surface area contributed by atoms with Crippen molar-refractivity contribution in [1.29, 1.82) is 0 Å². The minimum Gasteiger partial charge on any atom is -0.368 e. The predicted molar refractivity (Wildman–Crippen MR) is 61.7 cm³/mol. The Kier molecular flexibility index (Phi) is 3.24. The van der Waals surface area contributed by atoms with E-state index in [-0.39, 0.29) is 5.82 Å². The zero-order valence-corrected chi connectivity index (χ0v) is 9.25. The van der Waals surface area contributed by atoms with Gasteiger partial charge in [0.05, 0.1) is 0 Å². The van der Waals surface area contributed by atoms with E-state index in [4.69, 9.17) is 0 Å². The van der Waals surface area contributed by atoms with Crippen LogP contribution in [0.5, 0.6) is 0 Å². The Morgan fingerprint density at radius 1 is 1.47 bits per heavy atom. The van der Waals surface area contributed by atoms with Crippen LogP contribution in [0.2, 0.25) is 0 Å². The van der Waals surface area contributed by atoms with Crippen molar-refractivity contribution in [3.63, 3.8) is 0 Å². The summed E-state index contributed by atoms with van der Waals surface area (Å²) in [6.45, 7) is 3.29. The molecule has 1 aliphatic rings. The normalized spacial score (nSPS) is 20.9. The first-order valence-corrected chi connectivity index (χ1v) is 5.83. The Balaban J connectivity index is 2.15. The molecule has 15 heavy (non-hydrogen) atoms. The minimum absolute atomic E-state index is 0.130. The van der Waals surface area contributed by atoms with Crippen molar-refractivity contribution >= 4 is 5.69 Å². The van der Waals surface area contributed by atoms with Gasteiger partial charge < -0.3 is 4.90 Å². The molecule has 82 valence electrons. The summed E-state index contributed by atoms with van der Waals surface area (Å²) in [5.41, 5.74) is 1.05. The molecule has 1 aromatic rings. The molecule has 0 bridgehead atoms. The van der Waals surface area contributed by atoms with Crippen LogP contribution < -0.4 is 4.90 Å². The van der Waals surface area contributed by atoms with E-state index in [1.807, 2.05) is 6.07 Å². The fourth-order valence-electron chi connectivity index (χ4n) is 2.46. The standard InChI is InChI=1S/C13H18FN/c1-2-5-12-8-4-9-15(12)13-7-3-6-11(14)10-13/h3,6-7,10,12H,2,4-5,8-9H2,1H3/t12-/m0/s1. The summed E-state index contributed by atoms with van der Waals surface area (Å²) >= 11 is 0. The first-order chi connectivity index (χ1) is 7.31. The molecule has 1 saturated heterocycles. The average molecular weight is 207 g/mol. The summed E-state index contributed by atoms with van der Waals surface area (Å²) in [5, 5.41) is 0. The second-order valence-corrected chi connectivity index (χ2v) is 4.26. The molecule has 0 N–H and O–H groups in total. The van der Waals surface area contributed by atoms with E-state index >= 15 is 0 Å². The van der Waals surface area contributed by atoms with Gasteiger partial charge >= 0.3 is 0 Å². The second kappa shape index (κ2) is 4.65. The highest BCUT2D eigenvalue weighted by Crippen LogP contribution is 2.28. The van der Waals surface area contributed by atoms with Gasteiger partial charge in [-0.3, -0.25) is 0 Å². The van der Waals surface area contributed by atoms with Crippen LogP contribution in [0.1, 0.15) is 32.6 Å². The summed E-state index contributed by atoms with van der Waals surface area (Å²) in [6.07, 6.45) is 4.92.